The van der Waals surface area contributed by atoms with Gasteiger partial charge < -0.3 is 0 Å². The lowest BCUT2D eigenvalue weighted by molar-refractivity contribution is -0.287. The third-order valence-corrected chi connectivity index (χ3v) is 5.46. The van der Waals surface area contributed by atoms with Crippen LogP contribution in [-0.4, -0.2) is 46.3 Å². The van der Waals surface area contributed by atoms with Gasteiger partial charge in [-0.3, -0.25) is 4.90 Å². The van der Waals surface area contributed by atoms with Crippen LogP contribution in [0.1, 0.15) is 67.2 Å². The van der Waals surface area contributed by atoms with E-state index in [1.165, 1.54) is 0 Å². The molecule has 1 aliphatic heterocycles. The molecule has 1 aliphatic carbocycles. The smallest absolute Gasteiger partial charge is 0.298 e. The number of halogens is 3. The van der Waals surface area contributed by atoms with Crippen LogP contribution in [-0.2, 0) is 0 Å². The van der Waals surface area contributed by atoms with E-state index < -0.39 is 11.8 Å². The average Bonchev–Trinajstić information content (AvgIpc) is 2.55. The molecule has 0 spiro atoms. The molecule has 136 valence electrons. The molecule has 0 aromatic carbocycles. The molecule has 0 aromatic heterocycles. The van der Waals surface area contributed by atoms with Crippen molar-refractivity contribution >= 4 is 0 Å². The summed E-state index contributed by atoms with van der Waals surface area (Å²) in [6, 6.07) is -0.380. The molecule has 2 fully saturated rings. The summed E-state index contributed by atoms with van der Waals surface area (Å²) in [6.45, 7) is 13.6. The van der Waals surface area contributed by atoms with Gasteiger partial charge in [-0.15, -0.1) is 0 Å². The fraction of sp³-hybridized carbons (Fsp3) is 1.00. The van der Waals surface area contributed by atoms with Crippen LogP contribution in [0.3, 0.4) is 0 Å². The molecule has 0 N–H and O–H groups in total. The van der Waals surface area contributed by atoms with Gasteiger partial charge in [0.05, 0.1) is 0 Å². The van der Waals surface area contributed by atoms with Gasteiger partial charge in [0.15, 0.2) is 0 Å². The molecule has 2 atom stereocenters. The van der Waals surface area contributed by atoms with Crippen molar-refractivity contribution in [2.24, 2.45) is 11.8 Å². The number of nitrogens with zero attached hydrogens (tertiary/aromatic N) is 2. The van der Waals surface area contributed by atoms with Gasteiger partial charge in [0.2, 0.25) is 0 Å². The van der Waals surface area contributed by atoms with Gasteiger partial charge in [-0.25, -0.2) is 4.90 Å². The van der Waals surface area contributed by atoms with Gasteiger partial charge >= 0.3 is 6.30 Å². The van der Waals surface area contributed by atoms with Gasteiger partial charge in [0.25, 0.3) is 0 Å². The minimum atomic E-state index is -4.26. The number of likely N-dealkylation sites (tertiary alicyclic amines) is 1. The fourth-order valence-electron chi connectivity index (χ4n) is 4.50. The Kier molecular flexibility index (Phi) is 5.14. The van der Waals surface area contributed by atoms with E-state index >= 15 is 0 Å². The van der Waals surface area contributed by atoms with Crippen LogP contribution < -0.4 is 0 Å². The fourth-order valence-corrected chi connectivity index (χ4v) is 4.50. The molecule has 2 unspecified atom stereocenters. The molecule has 0 amide bonds. The van der Waals surface area contributed by atoms with Crippen LogP contribution in [0.25, 0.3) is 0 Å². The van der Waals surface area contributed by atoms with Crippen LogP contribution >= 0.6 is 0 Å². The van der Waals surface area contributed by atoms with E-state index in [0.29, 0.717) is 24.7 Å². The van der Waals surface area contributed by atoms with E-state index in [2.05, 4.69) is 25.7 Å². The predicted octanol–water partition coefficient (Wildman–Crippen LogP) is 4.90. The number of alkyl halides is 3. The van der Waals surface area contributed by atoms with Crippen LogP contribution in [0.4, 0.5) is 13.2 Å². The summed E-state index contributed by atoms with van der Waals surface area (Å²) < 4.78 is 41.1. The van der Waals surface area contributed by atoms with Crippen molar-refractivity contribution in [3.63, 3.8) is 0 Å². The van der Waals surface area contributed by atoms with E-state index in [0.717, 1.165) is 30.8 Å². The summed E-state index contributed by atoms with van der Waals surface area (Å²) >= 11 is 0. The molecule has 0 aromatic rings. The highest BCUT2D eigenvalue weighted by molar-refractivity contribution is 4.94. The normalized spacial score (nSPS) is 31.3. The van der Waals surface area contributed by atoms with Crippen molar-refractivity contribution in [2.75, 3.05) is 13.1 Å². The lowest BCUT2D eigenvalue weighted by atomic mass is 9.89. The first-order valence-electron chi connectivity index (χ1n) is 8.89. The summed E-state index contributed by atoms with van der Waals surface area (Å²) in [4.78, 5) is 3.32. The second-order valence-electron chi connectivity index (χ2n) is 9.52. The maximum atomic E-state index is 13.7. The number of hydrogen-bond acceptors (Lipinski definition) is 2. The van der Waals surface area contributed by atoms with Crippen molar-refractivity contribution in [2.45, 2.75) is 90.6 Å². The Labute approximate surface area is 139 Å². The highest BCUT2D eigenvalue weighted by Crippen LogP contribution is 2.42. The zero-order chi connectivity index (χ0) is 17.6. The Hall–Kier alpha value is -0.290. The SMILES string of the molecule is CC(C)(C)N1CC2CCC(CC(N(C(C)(C)C)C(F)(F)F)C2)C1. The van der Waals surface area contributed by atoms with Gasteiger partial charge in [0.1, 0.15) is 0 Å². The Morgan fingerprint density at radius 3 is 1.57 bits per heavy atom. The quantitative estimate of drug-likeness (QED) is 0.630. The average molecular weight is 334 g/mol. The molecule has 2 rings (SSSR count). The minimum Gasteiger partial charge on any atom is -0.298 e. The zero-order valence-electron chi connectivity index (χ0n) is 15.5. The summed E-state index contributed by atoms with van der Waals surface area (Å²) in [5, 5.41) is 0. The third-order valence-electron chi connectivity index (χ3n) is 5.46. The molecular formula is C18H33F3N2. The summed E-state index contributed by atoms with van der Waals surface area (Å²) in [6.07, 6.45) is -0.780. The van der Waals surface area contributed by atoms with Crippen molar-refractivity contribution in [3.8, 4) is 0 Å². The van der Waals surface area contributed by atoms with Crippen molar-refractivity contribution in [1.82, 2.24) is 9.80 Å². The molecule has 2 nitrogen and oxygen atoms in total. The number of rotatable bonds is 1. The maximum absolute atomic E-state index is 13.7. The highest BCUT2D eigenvalue weighted by Gasteiger charge is 2.50. The van der Waals surface area contributed by atoms with Crippen LogP contribution in [0.5, 0.6) is 0 Å². The third kappa shape index (κ3) is 4.62. The molecule has 0 radical (unpaired) electrons. The highest BCUT2D eigenvalue weighted by atomic mass is 19.4. The predicted molar refractivity (Wildman–Crippen MR) is 88.2 cm³/mol. The maximum Gasteiger partial charge on any atom is 0.460 e. The van der Waals surface area contributed by atoms with E-state index in [1.54, 1.807) is 20.8 Å². The topological polar surface area (TPSA) is 6.48 Å². The van der Waals surface area contributed by atoms with Crippen LogP contribution in [0, 0.1) is 11.8 Å². The standard InChI is InChI=1S/C18H33F3N2/c1-16(2,3)22-11-13-7-8-14(12-22)10-15(9-13)23(17(4,5)6)18(19,20)21/h13-15H,7-12H2,1-6H3. The zero-order valence-corrected chi connectivity index (χ0v) is 15.5. The number of fused-ring (bicyclic) bond motifs is 3. The van der Waals surface area contributed by atoms with E-state index in [-0.39, 0.29) is 11.6 Å². The molecule has 1 heterocycles. The van der Waals surface area contributed by atoms with E-state index in [4.69, 9.17) is 0 Å². The van der Waals surface area contributed by atoms with Crippen LogP contribution in [0.2, 0.25) is 0 Å². The second kappa shape index (κ2) is 6.21. The monoisotopic (exact) mass is 334 g/mol. The van der Waals surface area contributed by atoms with Crippen LogP contribution in [0.15, 0.2) is 0 Å². The van der Waals surface area contributed by atoms with Gasteiger partial charge in [-0.2, -0.15) is 13.2 Å². The van der Waals surface area contributed by atoms with Gasteiger partial charge in [0, 0.05) is 30.2 Å². The lowest BCUT2D eigenvalue weighted by Gasteiger charge is -2.46. The Balaban J connectivity index is 2.23. The van der Waals surface area contributed by atoms with E-state index in [1.807, 2.05) is 0 Å². The van der Waals surface area contributed by atoms with Gasteiger partial charge in [-0.1, -0.05) is 0 Å². The summed E-state index contributed by atoms with van der Waals surface area (Å²) in [7, 11) is 0. The van der Waals surface area contributed by atoms with Crippen molar-refractivity contribution in [1.29, 1.82) is 0 Å². The molecule has 23 heavy (non-hydrogen) atoms. The molecule has 1 saturated heterocycles. The Morgan fingerprint density at radius 1 is 0.826 bits per heavy atom. The summed E-state index contributed by atoms with van der Waals surface area (Å²) in [5.41, 5.74) is -0.785. The van der Waals surface area contributed by atoms with Gasteiger partial charge in [-0.05, 0) is 79.1 Å². The van der Waals surface area contributed by atoms with Crippen molar-refractivity contribution < 1.29 is 13.2 Å². The number of hydrogen-bond donors (Lipinski definition) is 0. The Bertz CT molecular complexity index is 376. The first-order chi connectivity index (χ1) is 10.3. The largest absolute Gasteiger partial charge is 0.460 e. The first kappa shape index (κ1) is 19.0. The first-order valence-corrected chi connectivity index (χ1v) is 8.89. The Morgan fingerprint density at radius 2 is 1.26 bits per heavy atom. The van der Waals surface area contributed by atoms with Crippen molar-refractivity contribution in [3.05, 3.63) is 0 Å². The summed E-state index contributed by atoms with van der Waals surface area (Å²) in [5.74, 6) is 0.748. The lowest BCUT2D eigenvalue weighted by Crippen LogP contribution is -2.57. The van der Waals surface area contributed by atoms with E-state index in [9.17, 15) is 13.2 Å². The second-order valence-corrected chi connectivity index (χ2v) is 9.52. The molecule has 5 heteroatoms. The minimum absolute atomic E-state index is 0.0986. The molecule has 2 aliphatic rings. The molecule has 1 saturated carbocycles. The molecular weight excluding hydrogens is 301 g/mol. The molecule has 2 bridgehead atoms.